The van der Waals surface area contributed by atoms with Gasteiger partial charge >= 0.3 is 0 Å². The van der Waals surface area contributed by atoms with Crippen LogP contribution in [-0.2, 0) is 16.4 Å². The van der Waals surface area contributed by atoms with Crippen LogP contribution >= 0.6 is 15.9 Å². The van der Waals surface area contributed by atoms with Crippen molar-refractivity contribution in [3.05, 3.63) is 93.1 Å². The number of H-pyrrole nitrogens is 1. The highest BCUT2D eigenvalue weighted by atomic mass is 79.9. The Morgan fingerprint density at radius 3 is 2.27 bits per heavy atom. The van der Waals surface area contributed by atoms with Gasteiger partial charge in [0.1, 0.15) is 10.6 Å². The lowest BCUT2D eigenvalue weighted by Gasteiger charge is -2.32. The van der Waals surface area contributed by atoms with E-state index in [1.165, 1.54) is 0 Å². The summed E-state index contributed by atoms with van der Waals surface area (Å²) in [6.45, 7) is 5.99. The number of nitrogens with zero attached hydrogens (tertiary/aromatic N) is 1. The standard InChI is InChI=1S/C30H31BrN4O4S/c1-18-13-19(2)15-24(14-18)40(38,39)28-25-16-22(31)7-8-26(25)34-27(28)30(37)33-23-9-11-35(12-10-23)17-20-3-5-21(6-4-20)29(32)36/h3-8,13-16,23,34H,9-12,17H2,1-2H3,(H2,32,36)(H,33,37). The second-order valence-corrected chi connectivity index (χ2v) is 13.2. The fraction of sp³-hybridized carbons (Fsp3) is 0.267. The number of primary amides is 1. The van der Waals surface area contributed by atoms with Crippen molar-refractivity contribution >= 4 is 48.5 Å². The Hall–Kier alpha value is -3.47. The summed E-state index contributed by atoms with van der Waals surface area (Å²) in [4.78, 5) is 30.4. The van der Waals surface area contributed by atoms with Crippen LogP contribution < -0.4 is 11.1 Å². The topological polar surface area (TPSA) is 125 Å². The van der Waals surface area contributed by atoms with Crippen molar-refractivity contribution in [3.8, 4) is 0 Å². The molecule has 0 radical (unpaired) electrons. The second-order valence-electron chi connectivity index (χ2n) is 10.4. The molecule has 0 saturated carbocycles. The minimum absolute atomic E-state index is 0.0110. The lowest BCUT2D eigenvalue weighted by molar-refractivity contribution is 0.0900. The van der Waals surface area contributed by atoms with Crippen LogP contribution in [0.25, 0.3) is 10.9 Å². The highest BCUT2D eigenvalue weighted by molar-refractivity contribution is 9.10. The average Bonchev–Trinajstić information content (AvgIpc) is 3.29. The molecule has 0 aliphatic carbocycles. The first-order chi connectivity index (χ1) is 19.0. The van der Waals surface area contributed by atoms with Crippen molar-refractivity contribution < 1.29 is 18.0 Å². The van der Waals surface area contributed by atoms with Crippen LogP contribution in [0.1, 0.15) is 50.4 Å². The molecule has 3 aromatic carbocycles. The van der Waals surface area contributed by atoms with E-state index >= 15 is 0 Å². The third-order valence-corrected chi connectivity index (χ3v) is 9.59. The Labute approximate surface area is 242 Å². The third kappa shape index (κ3) is 5.84. The van der Waals surface area contributed by atoms with Gasteiger partial charge in [-0.2, -0.15) is 0 Å². The number of benzene rings is 3. The maximum atomic E-state index is 14.0. The molecule has 0 atom stereocenters. The highest BCUT2D eigenvalue weighted by Gasteiger charge is 2.31. The van der Waals surface area contributed by atoms with Crippen LogP contribution in [0.2, 0.25) is 0 Å². The van der Waals surface area contributed by atoms with Gasteiger partial charge in [-0.3, -0.25) is 14.5 Å². The molecule has 4 aromatic rings. The molecule has 1 saturated heterocycles. The molecule has 0 spiro atoms. The van der Waals surface area contributed by atoms with Crippen molar-refractivity contribution in [1.82, 2.24) is 15.2 Å². The predicted octanol–water partition coefficient (Wildman–Crippen LogP) is 4.87. The number of carbonyl (C=O) groups is 2. The number of amides is 2. The van der Waals surface area contributed by atoms with Gasteiger partial charge in [-0.15, -0.1) is 0 Å². The molecular formula is C30H31BrN4O4S. The van der Waals surface area contributed by atoms with E-state index < -0.39 is 21.7 Å². The van der Waals surface area contributed by atoms with E-state index in [4.69, 9.17) is 5.73 Å². The molecule has 208 valence electrons. The number of hydrogen-bond donors (Lipinski definition) is 3. The number of sulfone groups is 1. The van der Waals surface area contributed by atoms with Gasteiger partial charge in [0.25, 0.3) is 5.91 Å². The maximum absolute atomic E-state index is 14.0. The fourth-order valence-corrected chi connectivity index (χ4v) is 7.46. The van der Waals surface area contributed by atoms with Gasteiger partial charge < -0.3 is 16.0 Å². The lowest BCUT2D eigenvalue weighted by Crippen LogP contribution is -2.44. The van der Waals surface area contributed by atoms with Gasteiger partial charge in [-0.1, -0.05) is 34.1 Å². The zero-order valence-electron chi connectivity index (χ0n) is 22.3. The summed E-state index contributed by atoms with van der Waals surface area (Å²) in [6.07, 6.45) is 1.46. The van der Waals surface area contributed by atoms with E-state index in [0.29, 0.717) is 16.5 Å². The number of aryl methyl sites for hydroxylation is 2. The third-order valence-electron chi connectivity index (χ3n) is 7.28. The summed E-state index contributed by atoms with van der Waals surface area (Å²) in [7, 11) is -4.00. The molecule has 1 aromatic heterocycles. The molecule has 10 heteroatoms. The number of likely N-dealkylation sites (tertiary alicyclic amines) is 1. The van der Waals surface area contributed by atoms with Crippen LogP contribution in [0.3, 0.4) is 0 Å². The van der Waals surface area contributed by atoms with Crippen LogP contribution in [0.4, 0.5) is 0 Å². The molecule has 40 heavy (non-hydrogen) atoms. The van der Waals surface area contributed by atoms with Gasteiger partial charge in [-0.25, -0.2) is 8.42 Å². The van der Waals surface area contributed by atoms with Crippen molar-refractivity contribution in [1.29, 1.82) is 0 Å². The summed E-state index contributed by atoms with van der Waals surface area (Å²) >= 11 is 3.44. The molecule has 1 aliphatic rings. The number of aromatic nitrogens is 1. The molecule has 0 unspecified atom stereocenters. The first-order valence-corrected chi connectivity index (χ1v) is 15.4. The minimum Gasteiger partial charge on any atom is -0.366 e. The number of aromatic amines is 1. The number of nitrogens with two attached hydrogens (primary N) is 1. The number of fused-ring (bicyclic) bond motifs is 1. The summed E-state index contributed by atoms with van der Waals surface area (Å²) in [6, 6.07) is 17.7. The SMILES string of the molecule is Cc1cc(C)cc(S(=O)(=O)c2c(C(=O)NC3CCN(Cc4ccc(C(N)=O)cc4)CC3)[nH]c3ccc(Br)cc23)c1. The highest BCUT2D eigenvalue weighted by Crippen LogP contribution is 2.34. The molecular weight excluding hydrogens is 592 g/mol. The zero-order valence-corrected chi connectivity index (χ0v) is 24.7. The summed E-state index contributed by atoms with van der Waals surface area (Å²) < 4.78 is 28.7. The van der Waals surface area contributed by atoms with Crippen LogP contribution in [0, 0.1) is 13.8 Å². The Bertz CT molecular complexity index is 1690. The number of rotatable bonds is 7. The van der Waals surface area contributed by atoms with Gasteiger partial charge in [0.15, 0.2) is 0 Å². The van der Waals surface area contributed by atoms with E-state index in [9.17, 15) is 18.0 Å². The molecule has 4 N–H and O–H groups in total. The first-order valence-electron chi connectivity index (χ1n) is 13.1. The fourth-order valence-electron chi connectivity index (χ4n) is 5.31. The quantitative estimate of drug-likeness (QED) is 0.271. The van der Waals surface area contributed by atoms with Gasteiger partial charge in [0.05, 0.1) is 4.90 Å². The van der Waals surface area contributed by atoms with Crippen LogP contribution in [0.5, 0.6) is 0 Å². The van der Waals surface area contributed by atoms with Gasteiger partial charge in [0, 0.05) is 46.6 Å². The van der Waals surface area contributed by atoms with Gasteiger partial charge in [-0.05, 0) is 85.8 Å². The smallest absolute Gasteiger partial charge is 0.269 e. The summed E-state index contributed by atoms with van der Waals surface area (Å²) in [5.74, 6) is -0.883. The lowest BCUT2D eigenvalue weighted by atomic mass is 10.0. The monoisotopic (exact) mass is 622 g/mol. The number of hydrogen-bond acceptors (Lipinski definition) is 5. The van der Waals surface area contributed by atoms with E-state index in [0.717, 1.165) is 53.6 Å². The Balaban J connectivity index is 1.35. The predicted molar refractivity (Wildman–Crippen MR) is 158 cm³/mol. The number of piperidine rings is 1. The molecule has 0 bridgehead atoms. The number of halogens is 1. The zero-order chi connectivity index (χ0) is 28.6. The molecule has 1 fully saturated rings. The normalized spacial score (nSPS) is 14.9. The second kappa shape index (κ2) is 11.2. The number of nitrogens with one attached hydrogen (secondary N) is 2. The first kappa shape index (κ1) is 28.1. The van der Waals surface area contributed by atoms with E-state index in [1.54, 1.807) is 36.4 Å². The molecule has 2 heterocycles. The summed E-state index contributed by atoms with van der Waals surface area (Å²) in [5.41, 5.74) is 9.18. The van der Waals surface area contributed by atoms with E-state index in [-0.39, 0.29) is 21.5 Å². The van der Waals surface area contributed by atoms with Crippen molar-refractivity contribution in [2.75, 3.05) is 13.1 Å². The summed E-state index contributed by atoms with van der Waals surface area (Å²) in [5, 5.41) is 3.55. The number of carbonyl (C=O) groups excluding carboxylic acids is 2. The van der Waals surface area contributed by atoms with E-state index in [2.05, 4.69) is 31.1 Å². The Kier molecular flexibility index (Phi) is 7.85. The van der Waals surface area contributed by atoms with Crippen LogP contribution in [-0.4, -0.2) is 49.2 Å². The minimum atomic E-state index is -4.00. The van der Waals surface area contributed by atoms with Crippen molar-refractivity contribution in [2.45, 2.75) is 49.1 Å². The van der Waals surface area contributed by atoms with Gasteiger partial charge in [0.2, 0.25) is 15.7 Å². The maximum Gasteiger partial charge on any atom is 0.269 e. The van der Waals surface area contributed by atoms with Crippen LogP contribution in [0.15, 0.2) is 74.9 Å². The van der Waals surface area contributed by atoms with Crippen molar-refractivity contribution in [3.63, 3.8) is 0 Å². The largest absolute Gasteiger partial charge is 0.366 e. The average molecular weight is 624 g/mol. The Morgan fingerprint density at radius 2 is 1.65 bits per heavy atom. The molecule has 8 nitrogen and oxygen atoms in total. The van der Waals surface area contributed by atoms with E-state index in [1.807, 2.05) is 38.1 Å². The molecule has 2 amide bonds. The van der Waals surface area contributed by atoms with Crippen molar-refractivity contribution in [2.24, 2.45) is 5.73 Å². The Morgan fingerprint density at radius 1 is 1.00 bits per heavy atom. The molecule has 1 aliphatic heterocycles. The molecule has 5 rings (SSSR count).